The van der Waals surface area contributed by atoms with E-state index in [1.165, 1.54) is 0 Å². The average molecular weight is 283 g/mol. The van der Waals surface area contributed by atoms with Crippen molar-refractivity contribution < 1.29 is 4.79 Å². The number of aryl methyl sites for hydroxylation is 1. The van der Waals surface area contributed by atoms with Crippen molar-refractivity contribution in [2.75, 3.05) is 33.2 Å². The highest BCUT2D eigenvalue weighted by Gasteiger charge is 2.19. The molecule has 0 saturated carbocycles. The van der Waals surface area contributed by atoms with Gasteiger partial charge in [-0.05, 0) is 51.2 Å². The molecule has 0 spiro atoms. The van der Waals surface area contributed by atoms with Crippen LogP contribution in [0.3, 0.4) is 0 Å². The number of rotatable bonds is 1. The lowest BCUT2D eigenvalue weighted by atomic mass is 10.1. The van der Waals surface area contributed by atoms with Gasteiger partial charge < -0.3 is 9.80 Å². The van der Waals surface area contributed by atoms with Gasteiger partial charge in [0.05, 0.1) is 5.52 Å². The monoisotopic (exact) mass is 283 g/mol. The number of nitrogens with zero attached hydrogens (tertiary/aromatic N) is 3. The van der Waals surface area contributed by atoms with Gasteiger partial charge in [-0.15, -0.1) is 0 Å². The van der Waals surface area contributed by atoms with E-state index in [0.29, 0.717) is 0 Å². The van der Waals surface area contributed by atoms with Crippen molar-refractivity contribution in [2.45, 2.75) is 13.3 Å². The molecule has 1 saturated heterocycles. The molecule has 0 N–H and O–H groups in total. The van der Waals surface area contributed by atoms with E-state index in [1.54, 1.807) is 0 Å². The molecule has 4 heteroatoms. The first kappa shape index (κ1) is 14.0. The molecule has 4 nitrogen and oxygen atoms in total. The van der Waals surface area contributed by atoms with Crippen LogP contribution in [0.15, 0.2) is 30.3 Å². The lowest BCUT2D eigenvalue weighted by molar-refractivity contribution is 0.0763. The summed E-state index contributed by atoms with van der Waals surface area (Å²) >= 11 is 0. The van der Waals surface area contributed by atoms with Gasteiger partial charge in [0.1, 0.15) is 0 Å². The van der Waals surface area contributed by atoms with E-state index in [4.69, 9.17) is 0 Å². The average Bonchev–Trinajstić information content (AvgIpc) is 2.70. The van der Waals surface area contributed by atoms with E-state index < -0.39 is 0 Å². The predicted octanol–water partition coefficient (Wildman–Crippen LogP) is 2.32. The van der Waals surface area contributed by atoms with Crippen LogP contribution in [0.2, 0.25) is 0 Å². The number of likely N-dealkylation sites (N-methyl/N-ethyl adjacent to an activating group) is 1. The van der Waals surface area contributed by atoms with E-state index in [9.17, 15) is 4.79 Å². The summed E-state index contributed by atoms with van der Waals surface area (Å²) in [4.78, 5) is 21.4. The Morgan fingerprint density at radius 2 is 1.95 bits per heavy atom. The highest BCUT2D eigenvalue weighted by atomic mass is 16.2. The lowest BCUT2D eigenvalue weighted by Gasteiger charge is -2.20. The van der Waals surface area contributed by atoms with Crippen LogP contribution in [0.5, 0.6) is 0 Å². The second-order valence-corrected chi connectivity index (χ2v) is 5.81. The van der Waals surface area contributed by atoms with Gasteiger partial charge in [0.25, 0.3) is 5.91 Å². The molecule has 0 unspecified atom stereocenters. The van der Waals surface area contributed by atoms with Gasteiger partial charge in [0.2, 0.25) is 0 Å². The third-order valence-corrected chi connectivity index (χ3v) is 4.08. The summed E-state index contributed by atoms with van der Waals surface area (Å²) in [6.07, 6.45) is 1.04. The van der Waals surface area contributed by atoms with Crippen LogP contribution in [-0.4, -0.2) is 53.9 Å². The zero-order valence-electron chi connectivity index (χ0n) is 12.7. The Kier molecular flexibility index (Phi) is 3.88. The molecule has 1 fully saturated rings. The van der Waals surface area contributed by atoms with Crippen molar-refractivity contribution >= 4 is 16.8 Å². The number of amides is 1. The summed E-state index contributed by atoms with van der Waals surface area (Å²) in [6.45, 7) is 5.63. The number of hydrogen-bond acceptors (Lipinski definition) is 3. The Morgan fingerprint density at radius 3 is 2.81 bits per heavy atom. The molecule has 2 heterocycles. The Bertz CT molecular complexity index is 668. The maximum absolute atomic E-state index is 12.7. The van der Waals surface area contributed by atoms with Crippen molar-refractivity contribution in [1.82, 2.24) is 14.8 Å². The lowest BCUT2D eigenvalue weighted by Crippen LogP contribution is -2.34. The van der Waals surface area contributed by atoms with Gasteiger partial charge >= 0.3 is 0 Å². The van der Waals surface area contributed by atoms with E-state index in [2.05, 4.69) is 16.9 Å². The maximum atomic E-state index is 12.7. The van der Waals surface area contributed by atoms with Crippen LogP contribution in [0, 0.1) is 6.92 Å². The van der Waals surface area contributed by atoms with E-state index in [0.717, 1.165) is 54.8 Å². The first-order chi connectivity index (χ1) is 10.1. The zero-order valence-corrected chi connectivity index (χ0v) is 12.7. The molecule has 0 bridgehead atoms. The van der Waals surface area contributed by atoms with Crippen molar-refractivity contribution in [3.8, 4) is 0 Å². The molecule has 3 rings (SSSR count). The van der Waals surface area contributed by atoms with Crippen LogP contribution in [-0.2, 0) is 0 Å². The van der Waals surface area contributed by atoms with Gasteiger partial charge in [-0.2, -0.15) is 0 Å². The zero-order chi connectivity index (χ0) is 14.8. The number of benzene rings is 1. The minimum absolute atomic E-state index is 0.132. The molecule has 2 aromatic rings. The standard InChI is InChI=1S/C17H21N3O/c1-13-4-5-14-12-15(6-7-16(14)18-13)17(21)20-9-3-8-19(2)10-11-20/h4-7,12H,3,8-11H2,1-2H3. The maximum Gasteiger partial charge on any atom is 0.253 e. The van der Waals surface area contributed by atoms with Gasteiger partial charge in [-0.1, -0.05) is 6.07 Å². The van der Waals surface area contributed by atoms with Crippen LogP contribution >= 0.6 is 0 Å². The minimum Gasteiger partial charge on any atom is -0.337 e. The largest absolute Gasteiger partial charge is 0.337 e. The summed E-state index contributed by atoms with van der Waals surface area (Å²) < 4.78 is 0. The molecule has 0 radical (unpaired) electrons. The predicted molar refractivity (Wildman–Crippen MR) is 84.5 cm³/mol. The molecule has 1 aromatic carbocycles. The molecule has 21 heavy (non-hydrogen) atoms. The summed E-state index contributed by atoms with van der Waals surface area (Å²) in [5, 5.41) is 1.03. The van der Waals surface area contributed by atoms with E-state index >= 15 is 0 Å². The molecule has 1 aliphatic rings. The van der Waals surface area contributed by atoms with Gasteiger partial charge in [0, 0.05) is 36.3 Å². The SMILES string of the molecule is Cc1ccc2cc(C(=O)N3CCCN(C)CC3)ccc2n1. The summed E-state index contributed by atoms with van der Waals surface area (Å²) in [7, 11) is 2.11. The molecular formula is C17H21N3O. The van der Waals surface area contributed by atoms with Crippen LogP contribution in [0.25, 0.3) is 10.9 Å². The van der Waals surface area contributed by atoms with Crippen molar-refractivity contribution in [2.24, 2.45) is 0 Å². The fraction of sp³-hybridized carbons (Fsp3) is 0.412. The van der Waals surface area contributed by atoms with Crippen molar-refractivity contribution in [3.05, 3.63) is 41.6 Å². The summed E-state index contributed by atoms with van der Waals surface area (Å²) in [5.74, 6) is 0.132. The number of carbonyl (C=O) groups excluding carboxylic acids is 1. The molecule has 1 amide bonds. The van der Waals surface area contributed by atoms with Gasteiger partial charge in [0.15, 0.2) is 0 Å². The smallest absolute Gasteiger partial charge is 0.253 e. The highest BCUT2D eigenvalue weighted by Crippen LogP contribution is 2.17. The second kappa shape index (κ2) is 5.82. The number of pyridine rings is 1. The Balaban J connectivity index is 1.85. The summed E-state index contributed by atoms with van der Waals surface area (Å²) in [6, 6.07) is 9.81. The number of aromatic nitrogens is 1. The minimum atomic E-state index is 0.132. The third kappa shape index (κ3) is 3.05. The number of carbonyl (C=O) groups is 1. The molecule has 1 aliphatic heterocycles. The van der Waals surface area contributed by atoms with Gasteiger partial charge in [-0.3, -0.25) is 9.78 Å². The molecule has 0 aliphatic carbocycles. The normalized spacial score (nSPS) is 17.0. The molecule has 0 atom stereocenters. The topological polar surface area (TPSA) is 36.4 Å². The highest BCUT2D eigenvalue weighted by molar-refractivity contribution is 5.98. The second-order valence-electron chi connectivity index (χ2n) is 5.81. The van der Waals surface area contributed by atoms with Crippen LogP contribution in [0.1, 0.15) is 22.5 Å². The van der Waals surface area contributed by atoms with Crippen molar-refractivity contribution in [3.63, 3.8) is 0 Å². The number of fused-ring (bicyclic) bond motifs is 1. The third-order valence-electron chi connectivity index (χ3n) is 4.08. The Morgan fingerprint density at radius 1 is 1.10 bits per heavy atom. The Labute approximate surface area is 125 Å². The summed E-state index contributed by atoms with van der Waals surface area (Å²) in [5.41, 5.74) is 2.71. The van der Waals surface area contributed by atoms with E-state index in [1.807, 2.05) is 42.2 Å². The fourth-order valence-electron chi connectivity index (χ4n) is 2.79. The van der Waals surface area contributed by atoms with Crippen LogP contribution < -0.4 is 0 Å². The van der Waals surface area contributed by atoms with Crippen molar-refractivity contribution in [1.29, 1.82) is 0 Å². The quantitative estimate of drug-likeness (QED) is 0.806. The van der Waals surface area contributed by atoms with Gasteiger partial charge in [-0.25, -0.2) is 0 Å². The van der Waals surface area contributed by atoms with E-state index in [-0.39, 0.29) is 5.91 Å². The van der Waals surface area contributed by atoms with Crippen LogP contribution in [0.4, 0.5) is 0 Å². The molecule has 1 aromatic heterocycles. The first-order valence-electron chi connectivity index (χ1n) is 7.49. The molecular weight excluding hydrogens is 262 g/mol. The number of hydrogen-bond donors (Lipinski definition) is 0. The Hall–Kier alpha value is -1.94. The molecule has 110 valence electrons. The fourth-order valence-corrected chi connectivity index (χ4v) is 2.79. The first-order valence-corrected chi connectivity index (χ1v) is 7.49.